The van der Waals surface area contributed by atoms with E-state index in [1.807, 2.05) is 0 Å². The Balaban J connectivity index is 0.00000400. The summed E-state index contributed by atoms with van der Waals surface area (Å²) in [6.07, 6.45) is 0. The number of nitrogens with one attached hydrogen (secondary N) is 1. The van der Waals surface area contributed by atoms with Crippen LogP contribution in [0, 0.1) is 11.7 Å². The number of carbonyl (C=O) groups excluding carboxylic acids is 1. The van der Waals surface area contributed by atoms with E-state index in [-0.39, 0.29) is 18.2 Å². The number of benzene rings is 1. The summed E-state index contributed by atoms with van der Waals surface area (Å²) in [6, 6.07) is 5.87. The van der Waals surface area contributed by atoms with Gasteiger partial charge in [-0.05, 0) is 24.3 Å². The average molecular weight is 343 g/mol. The maximum Gasteiger partial charge on any atom is 0.277 e. The van der Waals surface area contributed by atoms with Gasteiger partial charge in [-0.2, -0.15) is 0 Å². The molecule has 1 aromatic carbocycles. The maximum absolute atomic E-state index is 12.9. The molecule has 3 N–H and O–H groups in total. The molecule has 1 rings (SSSR count). The summed E-state index contributed by atoms with van der Waals surface area (Å²) < 4.78 is 38.5. The van der Waals surface area contributed by atoms with Gasteiger partial charge in [0.25, 0.3) is 5.92 Å². The zero-order chi connectivity index (χ0) is 15.2. The molecule has 8 heteroatoms. The van der Waals surface area contributed by atoms with Crippen molar-refractivity contribution < 1.29 is 18.0 Å². The van der Waals surface area contributed by atoms with Gasteiger partial charge >= 0.3 is 0 Å². The van der Waals surface area contributed by atoms with E-state index >= 15 is 0 Å². The predicted octanol–water partition coefficient (Wildman–Crippen LogP) is 2.69. The van der Waals surface area contributed by atoms with Gasteiger partial charge in [-0.15, -0.1) is 24.2 Å². The zero-order valence-corrected chi connectivity index (χ0v) is 13.1. The van der Waals surface area contributed by atoms with Crippen molar-refractivity contribution in [2.45, 2.75) is 17.7 Å². The fraction of sp³-hybridized carbons (Fsp3) is 0.462. The van der Waals surface area contributed by atoms with E-state index < -0.39 is 30.8 Å². The van der Waals surface area contributed by atoms with Crippen LogP contribution in [0.1, 0.15) is 6.92 Å². The van der Waals surface area contributed by atoms with Crippen molar-refractivity contribution in [1.82, 2.24) is 5.32 Å². The van der Waals surface area contributed by atoms with Crippen molar-refractivity contribution in [3.8, 4) is 0 Å². The van der Waals surface area contributed by atoms with Crippen LogP contribution in [0.2, 0.25) is 0 Å². The second kappa shape index (κ2) is 9.17. The third-order valence-corrected chi connectivity index (χ3v) is 3.85. The highest BCUT2D eigenvalue weighted by Crippen LogP contribution is 2.21. The molecular formula is C13H18ClF3N2OS. The van der Waals surface area contributed by atoms with Crippen LogP contribution < -0.4 is 11.1 Å². The molecule has 0 saturated heterocycles. The third kappa shape index (κ3) is 7.59. The summed E-state index contributed by atoms with van der Waals surface area (Å²) in [5.41, 5.74) is 4.88. The number of halogens is 4. The number of carbonyl (C=O) groups is 1. The lowest BCUT2D eigenvalue weighted by Crippen LogP contribution is -2.43. The second-order valence-electron chi connectivity index (χ2n) is 4.44. The van der Waals surface area contributed by atoms with Crippen LogP contribution >= 0.6 is 24.2 Å². The summed E-state index contributed by atoms with van der Waals surface area (Å²) in [4.78, 5) is 12.4. The Morgan fingerprint density at radius 3 is 2.48 bits per heavy atom. The molecule has 1 atom stereocenters. The van der Waals surface area contributed by atoms with Crippen molar-refractivity contribution in [3.05, 3.63) is 30.1 Å². The third-order valence-electron chi connectivity index (χ3n) is 2.58. The Kier molecular flexibility index (Phi) is 8.77. The van der Waals surface area contributed by atoms with Crippen LogP contribution in [0.15, 0.2) is 29.2 Å². The molecule has 0 spiro atoms. The SMILES string of the molecule is CC(CSc1ccc(F)cc1)C(=O)NCC(F)(F)CN.Cl. The van der Waals surface area contributed by atoms with Crippen molar-refractivity contribution >= 4 is 30.1 Å². The smallest absolute Gasteiger partial charge is 0.277 e. The topological polar surface area (TPSA) is 55.1 Å². The van der Waals surface area contributed by atoms with E-state index in [2.05, 4.69) is 5.32 Å². The number of hydrogen-bond acceptors (Lipinski definition) is 3. The molecule has 120 valence electrons. The van der Waals surface area contributed by atoms with Crippen LogP contribution in [0.5, 0.6) is 0 Å². The molecular weight excluding hydrogens is 325 g/mol. The summed E-state index contributed by atoms with van der Waals surface area (Å²) in [7, 11) is 0. The number of nitrogens with two attached hydrogens (primary N) is 1. The van der Waals surface area contributed by atoms with Gasteiger partial charge < -0.3 is 11.1 Å². The quantitative estimate of drug-likeness (QED) is 0.749. The van der Waals surface area contributed by atoms with Gasteiger partial charge in [-0.1, -0.05) is 6.92 Å². The van der Waals surface area contributed by atoms with E-state index in [4.69, 9.17) is 5.73 Å². The van der Waals surface area contributed by atoms with Gasteiger partial charge in [0.05, 0.1) is 13.1 Å². The Bertz CT molecular complexity index is 446. The molecule has 0 radical (unpaired) electrons. The van der Waals surface area contributed by atoms with E-state index in [9.17, 15) is 18.0 Å². The fourth-order valence-corrected chi connectivity index (χ4v) is 2.21. The Hall–Kier alpha value is -0.920. The molecule has 1 amide bonds. The Labute approximate surface area is 132 Å². The molecule has 1 aromatic rings. The first-order valence-electron chi connectivity index (χ1n) is 6.08. The van der Waals surface area contributed by atoms with E-state index in [0.717, 1.165) is 4.90 Å². The molecule has 3 nitrogen and oxygen atoms in total. The molecule has 0 fully saturated rings. The van der Waals surface area contributed by atoms with Crippen molar-refractivity contribution in [2.24, 2.45) is 11.7 Å². The number of hydrogen-bond donors (Lipinski definition) is 2. The predicted molar refractivity (Wildman–Crippen MR) is 80.5 cm³/mol. The highest BCUT2D eigenvalue weighted by molar-refractivity contribution is 7.99. The molecule has 21 heavy (non-hydrogen) atoms. The molecule has 0 aliphatic rings. The van der Waals surface area contributed by atoms with Gasteiger partial charge in [0.1, 0.15) is 5.82 Å². The molecule has 1 unspecified atom stereocenters. The highest BCUT2D eigenvalue weighted by Gasteiger charge is 2.28. The van der Waals surface area contributed by atoms with Crippen molar-refractivity contribution in [2.75, 3.05) is 18.8 Å². The van der Waals surface area contributed by atoms with E-state index in [1.165, 1.54) is 23.9 Å². The monoisotopic (exact) mass is 342 g/mol. The van der Waals surface area contributed by atoms with E-state index in [0.29, 0.717) is 5.75 Å². The fourth-order valence-electron chi connectivity index (χ4n) is 1.29. The van der Waals surface area contributed by atoms with Crippen LogP contribution in [0.3, 0.4) is 0 Å². The van der Waals surface area contributed by atoms with Crippen molar-refractivity contribution in [3.63, 3.8) is 0 Å². The van der Waals surface area contributed by atoms with Gasteiger partial charge in [0.2, 0.25) is 5.91 Å². The lowest BCUT2D eigenvalue weighted by atomic mass is 10.2. The van der Waals surface area contributed by atoms with Gasteiger partial charge in [0, 0.05) is 16.6 Å². The first-order chi connectivity index (χ1) is 9.34. The number of alkyl halides is 2. The van der Waals surface area contributed by atoms with Crippen LogP contribution in [-0.2, 0) is 4.79 Å². The zero-order valence-electron chi connectivity index (χ0n) is 11.4. The molecule has 0 bridgehead atoms. The number of thioether (sulfide) groups is 1. The first-order valence-corrected chi connectivity index (χ1v) is 7.06. The standard InChI is InChI=1S/C13H17F3N2OS.ClH/c1-9(12(19)18-8-13(15,16)7-17)6-20-11-4-2-10(14)3-5-11;/h2-5,9H,6-8,17H2,1H3,(H,18,19);1H. The minimum atomic E-state index is -3.08. The maximum atomic E-state index is 12.9. The molecule has 0 aromatic heterocycles. The summed E-state index contributed by atoms with van der Waals surface area (Å²) in [6.45, 7) is 0.0896. The normalized spacial score (nSPS) is 12.4. The second-order valence-corrected chi connectivity index (χ2v) is 5.54. The largest absolute Gasteiger partial charge is 0.350 e. The minimum Gasteiger partial charge on any atom is -0.350 e. The molecule has 0 heterocycles. The summed E-state index contributed by atoms with van der Waals surface area (Å²) in [5.74, 6) is -3.87. The average Bonchev–Trinajstić information content (AvgIpc) is 2.44. The minimum absolute atomic E-state index is 0. The summed E-state index contributed by atoms with van der Waals surface area (Å²) in [5, 5.41) is 2.18. The Morgan fingerprint density at radius 2 is 1.95 bits per heavy atom. The lowest BCUT2D eigenvalue weighted by Gasteiger charge is -2.17. The van der Waals surface area contributed by atoms with Crippen LogP contribution in [-0.4, -0.2) is 30.7 Å². The first kappa shape index (κ1) is 20.1. The Morgan fingerprint density at radius 1 is 1.38 bits per heavy atom. The van der Waals surface area contributed by atoms with Gasteiger partial charge in [-0.3, -0.25) is 4.79 Å². The van der Waals surface area contributed by atoms with Crippen LogP contribution in [0.4, 0.5) is 13.2 Å². The number of rotatable bonds is 7. The van der Waals surface area contributed by atoms with Gasteiger partial charge in [0.15, 0.2) is 0 Å². The van der Waals surface area contributed by atoms with Crippen LogP contribution in [0.25, 0.3) is 0 Å². The van der Waals surface area contributed by atoms with E-state index in [1.54, 1.807) is 19.1 Å². The van der Waals surface area contributed by atoms with Gasteiger partial charge in [-0.25, -0.2) is 13.2 Å². The molecule has 0 saturated carbocycles. The van der Waals surface area contributed by atoms with Crippen molar-refractivity contribution in [1.29, 1.82) is 0 Å². The molecule has 0 aliphatic carbocycles. The molecule has 0 aliphatic heterocycles. The number of amides is 1. The lowest BCUT2D eigenvalue weighted by molar-refractivity contribution is -0.125. The summed E-state index contributed by atoms with van der Waals surface area (Å²) >= 11 is 1.36. The highest BCUT2D eigenvalue weighted by atomic mass is 35.5.